The van der Waals surface area contributed by atoms with E-state index in [0.717, 1.165) is 17.0 Å². The summed E-state index contributed by atoms with van der Waals surface area (Å²) >= 11 is 0. The van der Waals surface area contributed by atoms with Crippen LogP contribution in [-0.4, -0.2) is 14.9 Å². The Kier molecular flexibility index (Phi) is 3.31. The van der Waals surface area contributed by atoms with Gasteiger partial charge in [0.25, 0.3) is 5.69 Å². The van der Waals surface area contributed by atoms with E-state index in [4.69, 9.17) is 0 Å². The molecule has 5 nitrogen and oxygen atoms in total. The van der Waals surface area contributed by atoms with Crippen molar-refractivity contribution in [1.82, 2.24) is 9.97 Å². The summed E-state index contributed by atoms with van der Waals surface area (Å²) < 4.78 is 0. The second-order valence-electron chi connectivity index (χ2n) is 4.99. The van der Waals surface area contributed by atoms with E-state index in [1.165, 1.54) is 0 Å². The number of nitrogens with zero attached hydrogens (tertiary/aromatic N) is 1. The zero-order valence-corrected chi connectivity index (χ0v) is 11.5. The van der Waals surface area contributed by atoms with Gasteiger partial charge in [-0.2, -0.15) is 0 Å². The highest BCUT2D eigenvalue weighted by Crippen LogP contribution is 2.32. The molecule has 0 radical (unpaired) electrons. The molecule has 0 fully saturated rings. The number of rotatable bonds is 4. The number of aryl methyl sites for hydroxylation is 1. The number of aromatic amines is 2. The largest absolute Gasteiger partial charge is 0.364 e. The zero-order chi connectivity index (χ0) is 14.8. The van der Waals surface area contributed by atoms with E-state index in [1.54, 1.807) is 13.0 Å². The van der Waals surface area contributed by atoms with Crippen molar-refractivity contribution < 1.29 is 4.92 Å². The molecule has 3 aromatic rings. The summed E-state index contributed by atoms with van der Waals surface area (Å²) in [6.07, 6.45) is 3.76. The van der Waals surface area contributed by atoms with Crippen molar-refractivity contribution in [1.29, 1.82) is 0 Å². The minimum atomic E-state index is -0.350. The molecule has 21 heavy (non-hydrogen) atoms. The van der Waals surface area contributed by atoms with Crippen LogP contribution in [0.4, 0.5) is 5.69 Å². The number of benzene rings is 1. The standard InChI is InChI=1S/C16H15N3O2/c1-11-10-12(6-7-15(11)19(20)21)16(13-4-2-8-17-13)14-5-3-9-18-14/h2-10,16-18H,1H3. The fourth-order valence-corrected chi connectivity index (χ4v) is 2.64. The average molecular weight is 281 g/mol. The molecule has 0 unspecified atom stereocenters. The van der Waals surface area contributed by atoms with Gasteiger partial charge in [-0.15, -0.1) is 0 Å². The van der Waals surface area contributed by atoms with Crippen molar-refractivity contribution in [2.75, 3.05) is 0 Å². The smallest absolute Gasteiger partial charge is 0.272 e. The van der Waals surface area contributed by atoms with Gasteiger partial charge in [0.2, 0.25) is 0 Å². The number of nitrogens with one attached hydrogen (secondary N) is 2. The lowest BCUT2D eigenvalue weighted by Gasteiger charge is -2.16. The molecule has 2 N–H and O–H groups in total. The predicted octanol–water partition coefficient (Wildman–Crippen LogP) is 3.74. The SMILES string of the molecule is Cc1cc(C(c2ccc[nH]2)c2ccc[nH]2)ccc1[N+](=O)[O-]. The Labute approximate surface area is 121 Å². The van der Waals surface area contributed by atoms with Crippen molar-refractivity contribution in [2.24, 2.45) is 0 Å². The van der Waals surface area contributed by atoms with Crippen LogP contribution in [-0.2, 0) is 0 Å². The van der Waals surface area contributed by atoms with Crippen LogP contribution < -0.4 is 0 Å². The molecule has 3 rings (SSSR count). The highest BCUT2D eigenvalue weighted by atomic mass is 16.6. The monoisotopic (exact) mass is 281 g/mol. The molecule has 2 aromatic heterocycles. The molecule has 0 saturated heterocycles. The Balaban J connectivity index is 2.10. The molecule has 0 spiro atoms. The zero-order valence-electron chi connectivity index (χ0n) is 11.5. The first-order valence-electron chi connectivity index (χ1n) is 6.68. The van der Waals surface area contributed by atoms with Gasteiger partial charge < -0.3 is 9.97 Å². The molecule has 5 heteroatoms. The second kappa shape index (κ2) is 5.28. The van der Waals surface area contributed by atoms with Gasteiger partial charge in [0, 0.05) is 35.4 Å². The first kappa shape index (κ1) is 13.2. The summed E-state index contributed by atoms with van der Waals surface area (Å²) in [5.74, 6) is 0.00880. The first-order valence-corrected chi connectivity index (χ1v) is 6.68. The van der Waals surface area contributed by atoms with Crippen LogP contribution in [0.1, 0.15) is 28.4 Å². The first-order chi connectivity index (χ1) is 10.2. The van der Waals surface area contributed by atoms with E-state index in [0.29, 0.717) is 5.56 Å². The number of nitro benzene ring substituents is 1. The molecule has 0 saturated carbocycles. The van der Waals surface area contributed by atoms with E-state index < -0.39 is 0 Å². The highest BCUT2D eigenvalue weighted by molar-refractivity contribution is 5.47. The van der Waals surface area contributed by atoms with Gasteiger partial charge in [0.15, 0.2) is 0 Å². The number of nitro groups is 1. The van der Waals surface area contributed by atoms with Crippen LogP contribution in [0.25, 0.3) is 0 Å². The van der Waals surface area contributed by atoms with Crippen LogP contribution in [0.15, 0.2) is 54.9 Å². The lowest BCUT2D eigenvalue weighted by atomic mass is 9.91. The fraction of sp³-hybridized carbons (Fsp3) is 0.125. The predicted molar refractivity (Wildman–Crippen MR) is 80.4 cm³/mol. The van der Waals surface area contributed by atoms with Gasteiger partial charge in [-0.05, 0) is 42.8 Å². The Hall–Kier alpha value is -2.82. The summed E-state index contributed by atoms with van der Waals surface area (Å²) in [6, 6.07) is 13.2. The third kappa shape index (κ3) is 2.45. The number of aromatic nitrogens is 2. The van der Waals surface area contributed by atoms with Gasteiger partial charge in [-0.3, -0.25) is 10.1 Å². The van der Waals surface area contributed by atoms with Gasteiger partial charge in [0.05, 0.1) is 10.8 Å². The summed E-state index contributed by atoms with van der Waals surface area (Å²) in [5.41, 5.74) is 3.93. The average Bonchev–Trinajstić information content (AvgIpc) is 3.12. The van der Waals surface area contributed by atoms with E-state index in [2.05, 4.69) is 9.97 Å². The molecule has 106 valence electrons. The molecule has 0 atom stereocenters. The molecule has 0 aliphatic rings. The van der Waals surface area contributed by atoms with Gasteiger partial charge in [-0.25, -0.2) is 0 Å². The van der Waals surface area contributed by atoms with Crippen LogP contribution in [0.2, 0.25) is 0 Å². The fourth-order valence-electron chi connectivity index (χ4n) is 2.64. The van der Waals surface area contributed by atoms with E-state index in [-0.39, 0.29) is 16.5 Å². The van der Waals surface area contributed by atoms with E-state index in [9.17, 15) is 10.1 Å². The molecule has 2 heterocycles. The van der Waals surface area contributed by atoms with Crippen LogP contribution in [0, 0.1) is 17.0 Å². The molecule has 0 amide bonds. The third-order valence-corrected chi connectivity index (χ3v) is 3.62. The van der Waals surface area contributed by atoms with Gasteiger partial charge >= 0.3 is 0 Å². The Bertz CT molecular complexity index is 712. The van der Waals surface area contributed by atoms with Crippen LogP contribution in [0.5, 0.6) is 0 Å². The maximum atomic E-state index is 11.0. The molecule has 1 aromatic carbocycles. The molecular weight excluding hydrogens is 266 g/mol. The lowest BCUT2D eigenvalue weighted by Crippen LogP contribution is -2.05. The second-order valence-corrected chi connectivity index (χ2v) is 4.99. The highest BCUT2D eigenvalue weighted by Gasteiger charge is 2.20. The van der Waals surface area contributed by atoms with Crippen LogP contribution >= 0.6 is 0 Å². The number of hydrogen-bond acceptors (Lipinski definition) is 2. The molecule has 0 aliphatic carbocycles. The molecule has 0 aliphatic heterocycles. The summed E-state index contributed by atoms with van der Waals surface area (Å²) in [4.78, 5) is 17.1. The lowest BCUT2D eigenvalue weighted by molar-refractivity contribution is -0.385. The topological polar surface area (TPSA) is 74.7 Å². The number of H-pyrrole nitrogens is 2. The minimum Gasteiger partial charge on any atom is -0.364 e. The maximum absolute atomic E-state index is 11.0. The quantitative estimate of drug-likeness (QED) is 0.564. The summed E-state index contributed by atoms with van der Waals surface area (Å²) in [7, 11) is 0. The molecular formula is C16H15N3O2. The molecule has 0 bridgehead atoms. The summed E-state index contributed by atoms with van der Waals surface area (Å²) in [6.45, 7) is 1.77. The van der Waals surface area contributed by atoms with Crippen LogP contribution in [0.3, 0.4) is 0 Å². The Morgan fingerprint density at radius 1 is 1.05 bits per heavy atom. The van der Waals surface area contributed by atoms with E-state index in [1.807, 2.05) is 48.8 Å². The van der Waals surface area contributed by atoms with Crippen molar-refractivity contribution in [3.8, 4) is 0 Å². The van der Waals surface area contributed by atoms with Gasteiger partial charge in [0.1, 0.15) is 0 Å². The van der Waals surface area contributed by atoms with Crippen molar-refractivity contribution in [2.45, 2.75) is 12.8 Å². The number of hydrogen-bond donors (Lipinski definition) is 2. The Morgan fingerprint density at radius 2 is 1.67 bits per heavy atom. The van der Waals surface area contributed by atoms with Gasteiger partial charge in [-0.1, -0.05) is 6.07 Å². The van der Waals surface area contributed by atoms with Crippen molar-refractivity contribution in [3.05, 3.63) is 87.5 Å². The van der Waals surface area contributed by atoms with Crippen molar-refractivity contribution >= 4 is 5.69 Å². The summed E-state index contributed by atoms with van der Waals surface area (Å²) in [5, 5.41) is 11.0. The minimum absolute atomic E-state index is 0.00880. The van der Waals surface area contributed by atoms with Crippen molar-refractivity contribution in [3.63, 3.8) is 0 Å². The maximum Gasteiger partial charge on any atom is 0.272 e. The normalized spacial score (nSPS) is 11.0. The Morgan fingerprint density at radius 3 is 2.10 bits per heavy atom. The third-order valence-electron chi connectivity index (χ3n) is 3.62. The van der Waals surface area contributed by atoms with E-state index >= 15 is 0 Å².